The Morgan fingerprint density at radius 1 is 1.12 bits per heavy atom. The standard InChI is InChI=1S/C21H20Cl2N2O5S2/c1-2-3-6-30-20(26)11-25(32(28,29)16-8-13(22)7-14(23)9-16)15-4-5-19-17(10-15)18(12-31-19)21(24)27/h4-5,7-10,12H,2-3,6,11H2,1H3,(H2,24,27). The maximum absolute atomic E-state index is 13.5. The molecule has 0 atom stereocenters. The van der Waals surface area contributed by atoms with Gasteiger partial charge < -0.3 is 10.5 Å². The number of hydrogen-bond acceptors (Lipinski definition) is 6. The number of sulfonamides is 1. The van der Waals surface area contributed by atoms with Crippen molar-refractivity contribution in [1.29, 1.82) is 0 Å². The Hall–Kier alpha value is -2.33. The molecule has 0 unspecified atom stereocenters. The molecule has 2 N–H and O–H groups in total. The van der Waals surface area contributed by atoms with Gasteiger partial charge in [-0.3, -0.25) is 13.9 Å². The number of rotatable bonds is 9. The lowest BCUT2D eigenvalue weighted by Crippen LogP contribution is -2.36. The number of primary amides is 1. The fourth-order valence-electron chi connectivity index (χ4n) is 2.98. The van der Waals surface area contributed by atoms with Gasteiger partial charge in [-0.05, 0) is 42.8 Å². The number of benzene rings is 2. The van der Waals surface area contributed by atoms with Gasteiger partial charge in [0.05, 0.1) is 22.8 Å². The normalized spacial score (nSPS) is 11.5. The lowest BCUT2D eigenvalue weighted by Gasteiger charge is -2.24. The van der Waals surface area contributed by atoms with Crippen LogP contribution in [0.2, 0.25) is 10.0 Å². The number of fused-ring (bicyclic) bond motifs is 1. The van der Waals surface area contributed by atoms with Crippen LogP contribution in [-0.4, -0.2) is 33.4 Å². The summed E-state index contributed by atoms with van der Waals surface area (Å²) in [5.41, 5.74) is 5.87. The SMILES string of the molecule is CCCCOC(=O)CN(c1ccc2scc(C(N)=O)c2c1)S(=O)(=O)c1cc(Cl)cc(Cl)c1. The molecule has 11 heteroatoms. The zero-order chi connectivity index (χ0) is 23.5. The van der Waals surface area contributed by atoms with Crippen LogP contribution in [0, 0.1) is 0 Å². The van der Waals surface area contributed by atoms with Crippen molar-refractivity contribution in [3.63, 3.8) is 0 Å². The third-order valence-electron chi connectivity index (χ3n) is 4.57. The predicted molar refractivity (Wildman–Crippen MR) is 127 cm³/mol. The Balaban J connectivity index is 2.10. The summed E-state index contributed by atoms with van der Waals surface area (Å²) in [7, 11) is -4.26. The summed E-state index contributed by atoms with van der Waals surface area (Å²) in [6.07, 6.45) is 1.48. The monoisotopic (exact) mass is 514 g/mol. The number of nitrogens with two attached hydrogens (primary N) is 1. The van der Waals surface area contributed by atoms with Crippen molar-refractivity contribution in [2.45, 2.75) is 24.7 Å². The Kier molecular flexibility index (Phi) is 7.66. The second-order valence-corrected chi connectivity index (χ2v) is 10.5. The van der Waals surface area contributed by atoms with Crippen LogP contribution in [0.3, 0.4) is 0 Å². The third kappa shape index (κ3) is 5.35. The molecule has 1 heterocycles. The third-order valence-corrected chi connectivity index (χ3v) is 7.72. The van der Waals surface area contributed by atoms with Crippen molar-refractivity contribution in [3.05, 3.63) is 57.4 Å². The lowest BCUT2D eigenvalue weighted by atomic mass is 10.1. The van der Waals surface area contributed by atoms with Crippen LogP contribution in [0.4, 0.5) is 5.69 Å². The smallest absolute Gasteiger partial charge is 0.326 e. The van der Waals surface area contributed by atoms with E-state index in [1.165, 1.54) is 35.6 Å². The summed E-state index contributed by atoms with van der Waals surface area (Å²) in [4.78, 5) is 24.0. The molecule has 0 spiro atoms. The molecule has 0 saturated carbocycles. The number of amides is 1. The highest BCUT2D eigenvalue weighted by Gasteiger charge is 2.29. The van der Waals surface area contributed by atoms with E-state index < -0.39 is 28.4 Å². The van der Waals surface area contributed by atoms with Crippen LogP contribution >= 0.6 is 34.5 Å². The Bertz CT molecular complexity index is 1250. The van der Waals surface area contributed by atoms with Crippen LogP contribution < -0.4 is 10.0 Å². The maximum Gasteiger partial charge on any atom is 0.326 e. The van der Waals surface area contributed by atoms with E-state index >= 15 is 0 Å². The minimum atomic E-state index is -4.26. The van der Waals surface area contributed by atoms with Gasteiger partial charge in [0.2, 0.25) is 5.91 Å². The highest BCUT2D eigenvalue weighted by atomic mass is 35.5. The fraction of sp³-hybridized carbons (Fsp3) is 0.238. The number of thiophene rings is 1. The van der Waals surface area contributed by atoms with E-state index in [1.807, 2.05) is 6.92 Å². The van der Waals surface area contributed by atoms with Crippen molar-refractivity contribution >= 4 is 72.2 Å². The number of anilines is 1. The van der Waals surface area contributed by atoms with Gasteiger partial charge in [0, 0.05) is 25.5 Å². The van der Waals surface area contributed by atoms with Crippen molar-refractivity contribution in [1.82, 2.24) is 0 Å². The molecule has 2 aromatic carbocycles. The summed E-state index contributed by atoms with van der Waals surface area (Å²) >= 11 is 13.3. The van der Waals surface area contributed by atoms with Crippen molar-refractivity contribution in [2.24, 2.45) is 5.73 Å². The summed E-state index contributed by atoms with van der Waals surface area (Å²) < 4.78 is 33.8. The van der Waals surface area contributed by atoms with Crippen LogP contribution in [0.25, 0.3) is 10.1 Å². The average molecular weight is 515 g/mol. The van der Waals surface area contributed by atoms with Crippen LogP contribution in [0.15, 0.2) is 46.7 Å². The molecular formula is C21H20Cl2N2O5S2. The van der Waals surface area contributed by atoms with Gasteiger partial charge >= 0.3 is 5.97 Å². The molecule has 7 nitrogen and oxygen atoms in total. The van der Waals surface area contributed by atoms with Crippen LogP contribution in [0.5, 0.6) is 0 Å². The molecule has 32 heavy (non-hydrogen) atoms. The molecular weight excluding hydrogens is 495 g/mol. The van der Waals surface area contributed by atoms with Crippen molar-refractivity contribution < 1.29 is 22.7 Å². The molecule has 0 bridgehead atoms. The molecule has 0 fully saturated rings. The summed E-state index contributed by atoms with van der Waals surface area (Å²) in [6, 6.07) is 8.62. The van der Waals surface area contributed by atoms with E-state index in [1.54, 1.807) is 17.5 Å². The number of nitrogens with zero attached hydrogens (tertiary/aromatic N) is 1. The number of unbranched alkanes of at least 4 members (excludes halogenated alkanes) is 1. The molecule has 3 rings (SSSR count). The summed E-state index contributed by atoms with van der Waals surface area (Å²) in [6.45, 7) is 1.55. The zero-order valence-electron chi connectivity index (χ0n) is 17.0. The Morgan fingerprint density at radius 2 is 1.81 bits per heavy atom. The highest BCUT2D eigenvalue weighted by molar-refractivity contribution is 7.92. The first-order chi connectivity index (χ1) is 15.1. The summed E-state index contributed by atoms with van der Waals surface area (Å²) in [5, 5.41) is 2.35. The molecule has 0 radical (unpaired) electrons. The molecule has 1 aromatic heterocycles. The van der Waals surface area contributed by atoms with Gasteiger partial charge in [-0.1, -0.05) is 36.5 Å². The van der Waals surface area contributed by atoms with Gasteiger partial charge in [0.1, 0.15) is 6.54 Å². The van der Waals surface area contributed by atoms with E-state index in [-0.39, 0.29) is 32.8 Å². The lowest BCUT2D eigenvalue weighted by molar-refractivity contribution is -0.141. The van der Waals surface area contributed by atoms with Gasteiger partial charge in [0.25, 0.3) is 10.0 Å². The van der Waals surface area contributed by atoms with Crippen molar-refractivity contribution in [2.75, 3.05) is 17.5 Å². The number of carbonyl (C=O) groups excluding carboxylic acids is 2. The first-order valence-electron chi connectivity index (χ1n) is 9.59. The highest BCUT2D eigenvalue weighted by Crippen LogP contribution is 2.33. The topological polar surface area (TPSA) is 107 Å². The second-order valence-electron chi connectivity index (χ2n) is 6.88. The van der Waals surface area contributed by atoms with Gasteiger partial charge in [-0.15, -0.1) is 11.3 Å². The van der Waals surface area contributed by atoms with E-state index in [0.29, 0.717) is 11.8 Å². The zero-order valence-corrected chi connectivity index (χ0v) is 20.2. The molecule has 0 aliphatic carbocycles. The summed E-state index contributed by atoms with van der Waals surface area (Å²) in [5.74, 6) is -1.35. The first-order valence-corrected chi connectivity index (χ1v) is 12.7. The molecule has 0 aliphatic rings. The number of ether oxygens (including phenoxy) is 1. The van der Waals surface area contributed by atoms with Crippen molar-refractivity contribution in [3.8, 4) is 0 Å². The van der Waals surface area contributed by atoms with Gasteiger partial charge in [-0.2, -0.15) is 0 Å². The quantitative estimate of drug-likeness (QED) is 0.324. The predicted octanol–water partition coefficient (Wildman–Crippen LogP) is 4.85. The Labute approximate surface area is 199 Å². The minimum Gasteiger partial charge on any atom is -0.464 e. The molecule has 0 aliphatic heterocycles. The van der Waals surface area contributed by atoms with Gasteiger partial charge in [-0.25, -0.2) is 8.42 Å². The van der Waals surface area contributed by atoms with E-state index in [0.717, 1.165) is 15.4 Å². The Morgan fingerprint density at radius 3 is 2.44 bits per heavy atom. The molecule has 1 amide bonds. The minimum absolute atomic E-state index is 0.130. The van der Waals surface area contributed by atoms with Gasteiger partial charge in [0.15, 0.2) is 0 Å². The average Bonchev–Trinajstić information content (AvgIpc) is 3.15. The molecule has 0 saturated heterocycles. The van der Waals surface area contributed by atoms with Crippen LogP contribution in [0.1, 0.15) is 30.1 Å². The second kappa shape index (κ2) is 10.1. The number of halogens is 2. The van der Waals surface area contributed by atoms with E-state index in [4.69, 9.17) is 33.7 Å². The first kappa shape index (κ1) is 24.3. The fourth-order valence-corrected chi connectivity index (χ4v) is 6.03. The number of carbonyl (C=O) groups is 2. The maximum atomic E-state index is 13.5. The van der Waals surface area contributed by atoms with E-state index in [9.17, 15) is 18.0 Å². The molecule has 170 valence electrons. The largest absolute Gasteiger partial charge is 0.464 e. The van der Waals surface area contributed by atoms with E-state index in [2.05, 4.69) is 0 Å². The number of esters is 1. The number of hydrogen-bond donors (Lipinski definition) is 1. The molecule has 3 aromatic rings. The van der Waals surface area contributed by atoms with Crippen LogP contribution in [-0.2, 0) is 19.6 Å².